The van der Waals surface area contributed by atoms with Crippen LogP contribution in [-0.2, 0) is 4.74 Å². The zero-order valence-corrected chi connectivity index (χ0v) is 16.0. The summed E-state index contributed by atoms with van der Waals surface area (Å²) in [6, 6.07) is 10.2. The highest BCUT2D eigenvalue weighted by atomic mass is 16.5. The molecule has 2 atom stereocenters. The quantitative estimate of drug-likeness (QED) is 0.831. The van der Waals surface area contributed by atoms with Crippen molar-refractivity contribution in [3.8, 4) is 5.88 Å². The van der Waals surface area contributed by atoms with E-state index in [2.05, 4.69) is 37.0 Å². The molecule has 0 aliphatic carbocycles. The Labute approximate surface area is 160 Å². The van der Waals surface area contributed by atoms with Crippen molar-refractivity contribution in [1.29, 1.82) is 0 Å². The molecule has 2 unspecified atom stereocenters. The van der Waals surface area contributed by atoms with Crippen LogP contribution in [0.3, 0.4) is 0 Å². The van der Waals surface area contributed by atoms with Gasteiger partial charge in [0.15, 0.2) is 0 Å². The Balaban J connectivity index is 1.44. The highest BCUT2D eigenvalue weighted by Crippen LogP contribution is 2.29. The van der Waals surface area contributed by atoms with Crippen molar-refractivity contribution in [1.82, 2.24) is 9.88 Å². The van der Waals surface area contributed by atoms with Crippen LogP contribution in [-0.4, -0.2) is 48.2 Å². The van der Waals surface area contributed by atoms with Crippen LogP contribution in [0.1, 0.15) is 45.8 Å². The van der Waals surface area contributed by atoms with Gasteiger partial charge in [0.1, 0.15) is 6.10 Å². The number of benzene rings is 1. The summed E-state index contributed by atoms with van der Waals surface area (Å²) >= 11 is 0. The third-order valence-electron chi connectivity index (χ3n) is 5.35. The van der Waals surface area contributed by atoms with Gasteiger partial charge >= 0.3 is 0 Å². The van der Waals surface area contributed by atoms with Gasteiger partial charge in [-0.1, -0.05) is 29.3 Å². The lowest BCUT2D eigenvalue weighted by molar-refractivity contribution is 0.0789. The molecule has 5 nitrogen and oxygen atoms in total. The Kier molecular flexibility index (Phi) is 5.12. The monoisotopic (exact) mass is 366 g/mol. The number of ether oxygens (including phenoxy) is 2. The fraction of sp³-hybridized carbons (Fsp3) is 0.455. The summed E-state index contributed by atoms with van der Waals surface area (Å²) in [5.74, 6) is 0.957. The summed E-state index contributed by atoms with van der Waals surface area (Å²) in [4.78, 5) is 19.2. The van der Waals surface area contributed by atoms with Crippen molar-refractivity contribution in [2.75, 3.05) is 26.3 Å². The maximum Gasteiger partial charge on any atom is 0.254 e. The average molecular weight is 366 g/mol. The van der Waals surface area contributed by atoms with Gasteiger partial charge in [-0.25, -0.2) is 4.98 Å². The molecule has 4 rings (SSSR count). The van der Waals surface area contributed by atoms with Crippen LogP contribution in [0, 0.1) is 13.8 Å². The molecule has 1 amide bonds. The molecule has 0 radical (unpaired) electrons. The minimum absolute atomic E-state index is 0.0311. The van der Waals surface area contributed by atoms with Gasteiger partial charge in [0.05, 0.1) is 13.2 Å². The van der Waals surface area contributed by atoms with Gasteiger partial charge in [-0.2, -0.15) is 0 Å². The number of carbonyl (C=O) groups excluding carboxylic acids is 1. The van der Waals surface area contributed by atoms with Gasteiger partial charge in [0.25, 0.3) is 5.91 Å². The molecule has 2 saturated heterocycles. The van der Waals surface area contributed by atoms with Crippen molar-refractivity contribution < 1.29 is 14.3 Å². The molecule has 1 aromatic carbocycles. The molecule has 2 aliphatic heterocycles. The third kappa shape index (κ3) is 4.14. The second-order valence-corrected chi connectivity index (χ2v) is 7.64. The number of nitrogens with zero attached hydrogens (tertiary/aromatic N) is 2. The number of hydrogen-bond acceptors (Lipinski definition) is 4. The Morgan fingerprint density at radius 3 is 2.74 bits per heavy atom. The van der Waals surface area contributed by atoms with Crippen molar-refractivity contribution in [2.24, 2.45) is 0 Å². The van der Waals surface area contributed by atoms with Crippen LogP contribution in [0.4, 0.5) is 0 Å². The topological polar surface area (TPSA) is 51.7 Å². The lowest BCUT2D eigenvalue weighted by atomic mass is 9.95. The van der Waals surface area contributed by atoms with Gasteiger partial charge < -0.3 is 14.4 Å². The van der Waals surface area contributed by atoms with Crippen LogP contribution in [0.5, 0.6) is 5.88 Å². The zero-order chi connectivity index (χ0) is 18.8. The molecule has 27 heavy (non-hydrogen) atoms. The van der Waals surface area contributed by atoms with Crippen molar-refractivity contribution in [3.63, 3.8) is 0 Å². The first-order valence-electron chi connectivity index (χ1n) is 9.66. The summed E-state index contributed by atoms with van der Waals surface area (Å²) < 4.78 is 11.2. The zero-order valence-electron chi connectivity index (χ0n) is 16.0. The number of aryl methyl sites for hydroxylation is 2. The minimum atomic E-state index is 0.0311. The Hall–Kier alpha value is -2.40. The van der Waals surface area contributed by atoms with Crippen molar-refractivity contribution in [2.45, 2.75) is 38.7 Å². The standard InChI is InChI=1S/C22H26N2O3/c1-15-9-16(2)11-19(10-15)18-4-7-24(13-18)22(25)17-3-6-23-21(12-17)27-20-5-8-26-14-20/h3,6,9-12,18,20H,4-5,7-8,13-14H2,1-2H3. The van der Waals surface area contributed by atoms with Crippen molar-refractivity contribution in [3.05, 3.63) is 58.8 Å². The van der Waals surface area contributed by atoms with E-state index in [9.17, 15) is 4.79 Å². The fourth-order valence-electron chi connectivity index (χ4n) is 4.03. The molecule has 2 aromatic rings. The second kappa shape index (κ2) is 7.69. The van der Waals surface area contributed by atoms with Gasteiger partial charge in [0.2, 0.25) is 5.88 Å². The van der Waals surface area contributed by atoms with Gasteiger partial charge in [-0.05, 0) is 31.9 Å². The largest absolute Gasteiger partial charge is 0.472 e. The molecule has 3 heterocycles. The molecule has 5 heteroatoms. The maximum absolute atomic E-state index is 13.0. The number of carbonyl (C=O) groups is 1. The van der Waals surface area contributed by atoms with E-state index < -0.39 is 0 Å². The van der Waals surface area contributed by atoms with Crippen LogP contribution < -0.4 is 4.74 Å². The number of aromatic nitrogens is 1. The number of amides is 1. The molecule has 0 N–H and O–H groups in total. The van der Waals surface area contributed by atoms with E-state index in [1.54, 1.807) is 18.3 Å². The smallest absolute Gasteiger partial charge is 0.254 e. The lowest BCUT2D eigenvalue weighted by Crippen LogP contribution is -2.28. The van der Waals surface area contributed by atoms with Crippen LogP contribution in [0.15, 0.2) is 36.5 Å². The summed E-state index contributed by atoms with van der Waals surface area (Å²) in [6.45, 7) is 7.10. The molecular weight excluding hydrogens is 340 g/mol. The molecule has 2 fully saturated rings. The van der Waals surface area contributed by atoms with Crippen LogP contribution in [0.25, 0.3) is 0 Å². The van der Waals surface area contributed by atoms with Crippen LogP contribution >= 0.6 is 0 Å². The van der Waals surface area contributed by atoms with Crippen LogP contribution in [0.2, 0.25) is 0 Å². The summed E-state index contributed by atoms with van der Waals surface area (Å²) in [5, 5.41) is 0. The van der Waals surface area contributed by atoms with E-state index in [0.29, 0.717) is 24.0 Å². The Morgan fingerprint density at radius 2 is 2.00 bits per heavy atom. The summed E-state index contributed by atoms with van der Waals surface area (Å²) in [5.41, 5.74) is 4.53. The predicted octanol–water partition coefficient (Wildman–Crippen LogP) is 3.50. The molecule has 0 saturated carbocycles. The molecule has 1 aromatic heterocycles. The SMILES string of the molecule is Cc1cc(C)cc(C2CCN(C(=O)c3ccnc(OC4CCOC4)c3)C2)c1. The van der Waals surface area contributed by atoms with E-state index in [-0.39, 0.29) is 12.0 Å². The normalized spacial score (nSPS) is 22.2. The minimum Gasteiger partial charge on any atom is -0.472 e. The van der Waals surface area contributed by atoms with E-state index in [1.807, 2.05) is 4.90 Å². The van der Waals surface area contributed by atoms with Gasteiger partial charge in [0, 0.05) is 43.3 Å². The Morgan fingerprint density at radius 1 is 1.19 bits per heavy atom. The van der Waals surface area contributed by atoms with Gasteiger partial charge in [-0.15, -0.1) is 0 Å². The first-order valence-corrected chi connectivity index (χ1v) is 9.66. The highest BCUT2D eigenvalue weighted by Gasteiger charge is 2.28. The van der Waals surface area contributed by atoms with E-state index >= 15 is 0 Å². The third-order valence-corrected chi connectivity index (χ3v) is 5.35. The fourth-order valence-corrected chi connectivity index (χ4v) is 4.03. The first-order chi connectivity index (χ1) is 13.1. The van der Waals surface area contributed by atoms with E-state index in [1.165, 1.54) is 16.7 Å². The number of likely N-dealkylation sites (tertiary alicyclic amines) is 1. The maximum atomic E-state index is 13.0. The van der Waals surface area contributed by atoms with Crippen molar-refractivity contribution >= 4 is 5.91 Å². The molecule has 142 valence electrons. The Bertz CT molecular complexity index is 810. The van der Waals surface area contributed by atoms with E-state index in [4.69, 9.17) is 9.47 Å². The lowest BCUT2D eigenvalue weighted by Gasteiger charge is -2.18. The number of rotatable bonds is 4. The second-order valence-electron chi connectivity index (χ2n) is 7.64. The molecule has 0 spiro atoms. The van der Waals surface area contributed by atoms with Gasteiger partial charge in [-0.3, -0.25) is 4.79 Å². The number of pyridine rings is 1. The predicted molar refractivity (Wildman–Crippen MR) is 103 cm³/mol. The molecule has 2 aliphatic rings. The molecular formula is C22H26N2O3. The summed E-state index contributed by atoms with van der Waals surface area (Å²) in [6.07, 6.45) is 3.55. The highest BCUT2D eigenvalue weighted by molar-refractivity contribution is 5.94. The number of hydrogen-bond donors (Lipinski definition) is 0. The summed E-state index contributed by atoms with van der Waals surface area (Å²) in [7, 11) is 0. The van der Waals surface area contributed by atoms with E-state index in [0.717, 1.165) is 32.5 Å². The molecule has 0 bridgehead atoms. The average Bonchev–Trinajstić information content (AvgIpc) is 3.32. The first kappa shape index (κ1) is 18.0.